The number of epoxide rings is 1. The molecule has 1 unspecified atom stereocenters. The van der Waals surface area contributed by atoms with Crippen molar-refractivity contribution >= 4 is 6.08 Å². The van der Waals surface area contributed by atoms with Crippen LogP contribution < -0.4 is 0 Å². The molecule has 1 fully saturated rings. The van der Waals surface area contributed by atoms with Crippen molar-refractivity contribution in [3.63, 3.8) is 0 Å². The van der Waals surface area contributed by atoms with Gasteiger partial charge in [-0.3, -0.25) is 0 Å². The van der Waals surface area contributed by atoms with Crippen LogP contribution in [0.4, 0.5) is 0 Å². The van der Waals surface area contributed by atoms with E-state index in [2.05, 4.69) is 104 Å². The van der Waals surface area contributed by atoms with E-state index < -0.39 is 0 Å². The summed E-state index contributed by atoms with van der Waals surface area (Å²) in [6.45, 7) is 18.6. The molecule has 164 valence electrons. The van der Waals surface area contributed by atoms with Crippen LogP contribution in [0.1, 0.15) is 93.7 Å². The van der Waals surface area contributed by atoms with Gasteiger partial charge in [0.2, 0.25) is 0 Å². The number of ether oxygens (including phenoxy) is 1. The van der Waals surface area contributed by atoms with Crippen LogP contribution in [0.2, 0.25) is 0 Å². The first-order valence-corrected chi connectivity index (χ1v) is 11.8. The quantitative estimate of drug-likeness (QED) is 0.421. The summed E-state index contributed by atoms with van der Waals surface area (Å²) in [6, 6.07) is 14.0. The van der Waals surface area contributed by atoms with Gasteiger partial charge >= 0.3 is 0 Å². The second-order valence-corrected chi connectivity index (χ2v) is 8.91. The van der Waals surface area contributed by atoms with Crippen molar-refractivity contribution in [3.8, 4) is 0 Å². The summed E-state index contributed by atoms with van der Waals surface area (Å²) in [7, 11) is 0. The van der Waals surface area contributed by atoms with Crippen molar-refractivity contribution in [2.45, 2.75) is 92.1 Å². The average molecular weight is 407 g/mol. The molecular weight excluding hydrogens is 364 g/mol. The topological polar surface area (TPSA) is 12.5 Å². The van der Waals surface area contributed by atoms with Gasteiger partial charge in [-0.1, -0.05) is 83.5 Å². The summed E-state index contributed by atoms with van der Waals surface area (Å²) < 4.78 is 5.61. The summed E-state index contributed by atoms with van der Waals surface area (Å²) in [6.07, 6.45) is 8.99. The first-order valence-electron chi connectivity index (χ1n) is 11.8. The second kappa shape index (κ2) is 10.4. The van der Waals surface area contributed by atoms with Crippen LogP contribution in [0.15, 0.2) is 42.5 Å². The van der Waals surface area contributed by atoms with E-state index in [4.69, 9.17) is 4.74 Å². The average Bonchev–Trinajstić information content (AvgIpc) is 3.52. The highest BCUT2D eigenvalue weighted by atomic mass is 16.6. The third kappa shape index (κ3) is 5.24. The van der Waals surface area contributed by atoms with Gasteiger partial charge in [-0.25, -0.2) is 0 Å². The highest BCUT2D eigenvalue weighted by molar-refractivity contribution is 5.57. The van der Waals surface area contributed by atoms with Crippen molar-refractivity contribution in [3.05, 3.63) is 75.9 Å². The molecule has 1 saturated heterocycles. The van der Waals surface area contributed by atoms with Crippen LogP contribution in [-0.4, -0.2) is 12.2 Å². The lowest BCUT2D eigenvalue weighted by molar-refractivity contribution is 0.345. The molecule has 1 aliphatic rings. The minimum atomic E-state index is 0.00112. The predicted octanol–water partition coefficient (Wildman–Crippen LogP) is 8.33. The van der Waals surface area contributed by atoms with Gasteiger partial charge < -0.3 is 4.74 Å². The summed E-state index contributed by atoms with van der Waals surface area (Å²) in [4.78, 5) is 0. The summed E-state index contributed by atoms with van der Waals surface area (Å²) in [5.74, 6) is 0. The van der Waals surface area contributed by atoms with Gasteiger partial charge in [0.25, 0.3) is 0 Å². The standard InChI is InChI=1S/C26H34O.C3H8/c1-7-25(18-27-25)15-14-22-11-13-24(17-21(22)6)26(8-2,9-3)23-12-10-19(4)20(5)16-23;1-3-2/h10-17H,7-9,18H2,1-6H3;3H2,1-2H3/b15-14+;. The predicted molar refractivity (Wildman–Crippen MR) is 132 cm³/mol. The molecule has 1 heterocycles. The molecule has 2 aromatic carbocycles. The van der Waals surface area contributed by atoms with E-state index in [9.17, 15) is 0 Å². The van der Waals surface area contributed by atoms with Crippen LogP contribution in [0, 0.1) is 20.8 Å². The monoisotopic (exact) mass is 406 g/mol. The lowest BCUT2D eigenvalue weighted by Gasteiger charge is -2.34. The van der Waals surface area contributed by atoms with Crippen molar-refractivity contribution < 1.29 is 4.74 Å². The van der Waals surface area contributed by atoms with Crippen LogP contribution in [0.3, 0.4) is 0 Å². The minimum absolute atomic E-state index is 0.00112. The van der Waals surface area contributed by atoms with Crippen molar-refractivity contribution in [1.82, 2.24) is 0 Å². The lowest BCUT2D eigenvalue weighted by atomic mass is 9.69. The molecule has 0 N–H and O–H groups in total. The Morgan fingerprint density at radius 1 is 0.833 bits per heavy atom. The molecule has 0 radical (unpaired) electrons. The Kier molecular flexibility index (Phi) is 8.50. The molecule has 0 bridgehead atoms. The third-order valence-corrected chi connectivity index (χ3v) is 6.77. The molecule has 1 nitrogen and oxygen atoms in total. The smallest absolute Gasteiger partial charge is 0.110 e. The van der Waals surface area contributed by atoms with E-state index in [0.717, 1.165) is 25.9 Å². The summed E-state index contributed by atoms with van der Waals surface area (Å²) in [5, 5.41) is 0. The van der Waals surface area contributed by atoms with Crippen LogP contribution >= 0.6 is 0 Å². The van der Waals surface area contributed by atoms with Crippen molar-refractivity contribution in [1.29, 1.82) is 0 Å². The SMILES string of the molecule is CCC.CCC1(/C=C/c2ccc(C(CC)(CC)c3ccc(C)c(C)c3)cc2C)CO1. The fourth-order valence-corrected chi connectivity index (χ4v) is 4.19. The molecule has 1 aliphatic heterocycles. The fraction of sp³-hybridized carbons (Fsp3) is 0.517. The van der Waals surface area contributed by atoms with Gasteiger partial charge in [-0.15, -0.1) is 0 Å². The largest absolute Gasteiger partial charge is 0.365 e. The molecular formula is C29H42O. The Morgan fingerprint density at radius 2 is 1.37 bits per heavy atom. The van der Waals surface area contributed by atoms with Gasteiger partial charge in [0.15, 0.2) is 0 Å². The van der Waals surface area contributed by atoms with E-state index in [0.29, 0.717) is 0 Å². The molecule has 30 heavy (non-hydrogen) atoms. The minimum Gasteiger partial charge on any atom is -0.365 e. The van der Waals surface area contributed by atoms with Crippen molar-refractivity contribution in [2.75, 3.05) is 6.61 Å². The molecule has 0 spiro atoms. The first kappa shape index (κ1) is 24.4. The molecule has 0 aliphatic carbocycles. The number of hydrogen-bond donors (Lipinski definition) is 0. The van der Waals surface area contributed by atoms with Crippen LogP contribution in [0.5, 0.6) is 0 Å². The van der Waals surface area contributed by atoms with E-state index in [1.165, 1.54) is 39.8 Å². The van der Waals surface area contributed by atoms with Crippen LogP contribution in [0.25, 0.3) is 6.08 Å². The van der Waals surface area contributed by atoms with E-state index in [-0.39, 0.29) is 11.0 Å². The van der Waals surface area contributed by atoms with Crippen LogP contribution in [-0.2, 0) is 10.2 Å². The Balaban J connectivity index is 0.00000101. The molecule has 0 amide bonds. The maximum Gasteiger partial charge on any atom is 0.110 e. The Hall–Kier alpha value is -1.86. The third-order valence-electron chi connectivity index (χ3n) is 6.77. The second-order valence-electron chi connectivity index (χ2n) is 8.91. The molecule has 3 rings (SSSR count). The number of aryl methyl sites for hydroxylation is 3. The van der Waals surface area contributed by atoms with E-state index >= 15 is 0 Å². The first-order chi connectivity index (χ1) is 14.3. The Morgan fingerprint density at radius 3 is 1.80 bits per heavy atom. The van der Waals surface area contributed by atoms with Gasteiger partial charge in [-0.05, 0) is 79.5 Å². The maximum absolute atomic E-state index is 5.61. The zero-order chi connectivity index (χ0) is 22.4. The summed E-state index contributed by atoms with van der Waals surface area (Å²) >= 11 is 0. The highest BCUT2D eigenvalue weighted by Crippen LogP contribution is 2.40. The lowest BCUT2D eigenvalue weighted by Crippen LogP contribution is -2.26. The fourth-order valence-electron chi connectivity index (χ4n) is 4.19. The zero-order valence-corrected chi connectivity index (χ0v) is 20.6. The molecule has 1 heteroatoms. The number of hydrogen-bond acceptors (Lipinski definition) is 1. The molecule has 2 aromatic rings. The van der Waals surface area contributed by atoms with E-state index in [1.54, 1.807) is 0 Å². The van der Waals surface area contributed by atoms with Gasteiger partial charge in [-0.2, -0.15) is 0 Å². The Bertz CT molecular complexity index is 851. The Labute approximate surface area is 185 Å². The number of benzene rings is 2. The zero-order valence-electron chi connectivity index (χ0n) is 20.6. The normalized spacial score (nSPS) is 18.3. The number of rotatable bonds is 7. The van der Waals surface area contributed by atoms with Gasteiger partial charge in [0, 0.05) is 5.41 Å². The maximum atomic E-state index is 5.61. The summed E-state index contributed by atoms with van der Waals surface area (Å²) in [5.41, 5.74) is 8.33. The van der Waals surface area contributed by atoms with E-state index in [1.807, 2.05) is 0 Å². The molecule has 0 saturated carbocycles. The van der Waals surface area contributed by atoms with Crippen molar-refractivity contribution in [2.24, 2.45) is 0 Å². The molecule has 1 atom stereocenters. The highest BCUT2D eigenvalue weighted by Gasteiger charge is 2.39. The van der Waals surface area contributed by atoms with Gasteiger partial charge in [0.1, 0.15) is 5.60 Å². The molecule has 0 aromatic heterocycles. The van der Waals surface area contributed by atoms with Gasteiger partial charge in [0.05, 0.1) is 6.61 Å².